The molecule has 1 aromatic rings. The fraction of sp³-hybridized carbons (Fsp3) is 0.643. The van der Waals surface area contributed by atoms with Gasteiger partial charge in [0, 0.05) is 32.2 Å². The number of hydrogen-bond acceptors (Lipinski definition) is 6. The summed E-state index contributed by atoms with van der Waals surface area (Å²) >= 11 is 0. The van der Waals surface area contributed by atoms with Gasteiger partial charge in [0.05, 0.1) is 4.92 Å². The summed E-state index contributed by atoms with van der Waals surface area (Å²) in [5.74, 6) is 1.12. The van der Waals surface area contributed by atoms with Gasteiger partial charge in [-0.3, -0.25) is 10.1 Å². The third-order valence-electron chi connectivity index (χ3n) is 3.89. The third-order valence-corrected chi connectivity index (χ3v) is 3.89. The maximum absolute atomic E-state index is 11.3. The van der Waals surface area contributed by atoms with Crippen molar-refractivity contribution in [3.8, 4) is 0 Å². The van der Waals surface area contributed by atoms with Crippen molar-refractivity contribution in [3.63, 3.8) is 0 Å². The van der Waals surface area contributed by atoms with E-state index in [2.05, 4.69) is 22.2 Å². The first kappa shape index (κ1) is 15.5. The fourth-order valence-corrected chi connectivity index (χ4v) is 2.75. The van der Waals surface area contributed by atoms with E-state index in [-0.39, 0.29) is 16.7 Å². The van der Waals surface area contributed by atoms with E-state index in [1.54, 1.807) is 6.07 Å². The Balaban J connectivity index is 2.30. The zero-order valence-electron chi connectivity index (χ0n) is 12.9. The first-order chi connectivity index (χ1) is 10.0. The van der Waals surface area contributed by atoms with E-state index >= 15 is 0 Å². The molecule has 1 fully saturated rings. The lowest BCUT2D eigenvalue weighted by atomic mass is 10.0. The summed E-state index contributed by atoms with van der Waals surface area (Å²) in [5.41, 5.74) is 0.0624. The lowest BCUT2D eigenvalue weighted by Crippen LogP contribution is -2.45. The van der Waals surface area contributed by atoms with E-state index in [1.807, 2.05) is 18.9 Å². The summed E-state index contributed by atoms with van der Waals surface area (Å²) in [7, 11) is 3.98. The molecule has 1 atom stereocenters. The van der Waals surface area contributed by atoms with Crippen molar-refractivity contribution < 1.29 is 4.92 Å². The Hall–Kier alpha value is -1.89. The number of piperidine rings is 1. The summed E-state index contributed by atoms with van der Waals surface area (Å²) in [6.07, 6.45) is 2.14. The Morgan fingerprint density at radius 1 is 1.57 bits per heavy atom. The maximum Gasteiger partial charge on any atom is 0.311 e. The lowest BCUT2D eigenvalue weighted by Gasteiger charge is -2.36. The average Bonchev–Trinajstić information content (AvgIpc) is 2.46. The van der Waals surface area contributed by atoms with Crippen molar-refractivity contribution in [1.29, 1.82) is 0 Å². The summed E-state index contributed by atoms with van der Waals surface area (Å²) in [5, 5.41) is 14.4. The van der Waals surface area contributed by atoms with Crippen LogP contribution in [0.15, 0.2) is 12.1 Å². The van der Waals surface area contributed by atoms with Gasteiger partial charge in [0.25, 0.3) is 0 Å². The topological polar surface area (TPSA) is 74.5 Å². The van der Waals surface area contributed by atoms with Crippen molar-refractivity contribution in [2.45, 2.75) is 25.8 Å². The molecule has 2 rings (SSSR count). The molecule has 0 amide bonds. The summed E-state index contributed by atoms with van der Waals surface area (Å²) in [4.78, 5) is 19.5. The zero-order chi connectivity index (χ0) is 15.4. The molecule has 1 aromatic heterocycles. The number of nitrogens with one attached hydrogen (secondary N) is 1. The molecule has 116 valence electrons. The molecular formula is C14H23N5O2. The smallest absolute Gasteiger partial charge is 0.311 e. The predicted molar refractivity (Wildman–Crippen MR) is 84.0 cm³/mol. The van der Waals surface area contributed by atoms with Crippen LogP contribution >= 0.6 is 0 Å². The average molecular weight is 293 g/mol. The Kier molecular flexibility index (Phi) is 4.95. The van der Waals surface area contributed by atoms with Crippen LogP contribution in [0.25, 0.3) is 0 Å². The van der Waals surface area contributed by atoms with Crippen molar-refractivity contribution in [2.75, 3.05) is 43.9 Å². The summed E-state index contributed by atoms with van der Waals surface area (Å²) < 4.78 is 0. The molecule has 21 heavy (non-hydrogen) atoms. The monoisotopic (exact) mass is 293 g/mol. The SMILES string of the molecule is CCNc1ccc([N+](=O)[O-])c(N(C)C2CCCN(C)C2)n1. The van der Waals surface area contributed by atoms with Crippen LogP contribution in [-0.4, -0.2) is 54.6 Å². The molecule has 7 heteroatoms. The number of nitrogens with zero attached hydrogens (tertiary/aromatic N) is 4. The molecule has 1 saturated heterocycles. The minimum absolute atomic E-state index is 0.0624. The van der Waals surface area contributed by atoms with E-state index < -0.39 is 0 Å². The Labute approximate surface area is 125 Å². The molecule has 1 aliphatic rings. The Morgan fingerprint density at radius 3 is 2.95 bits per heavy atom. The van der Waals surface area contributed by atoms with Gasteiger partial charge in [0.1, 0.15) is 5.82 Å². The largest absolute Gasteiger partial charge is 0.370 e. The van der Waals surface area contributed by atoms with Gasteiger partial charge in [-0.2, -0.15) is 0 Å². The zero-order valence-corrected chi connectivity index (χ0v) is 12.9. The van der Waals surface area contributed by atoms with E-state index in [4.69, 9.17) is 0 Å². The number of likely N-dealkylation sites (tertiary alicyclic amines) is 1. The van der Waals surface area contributed by atoms with Gasteiger partial charge < -0.3 is 15.1 Å². The number of hydrogen-bond donors (Lipinski definition) is 1. The van der Waals surface area contributed by atoms with Crippen LogP contribution < -0.4 is 10.2 Å². The molecule has 1 N–H and O–H groups in total. The number of nitro groups is 1. The van der Waals surface area contributed by atoms with Crippen molar-refractivity contribution in [3.05, 3.63) is 22.2 Å². The van der Waals surface area contributed by atoms with Crippen LogP contribution in [0.5, 0.6) is 0 Å². The number of rotatable bonds is 5. The molecule has 0 aliphatic carbocycles. The summed E-state index contributed by atoms with van der Waals surface area (Å²) in [6, 6.07) is 3.45. The van der Waals surface area contributed by atoms with Crippen LogP contribution in [-0.2, 0) is 0 Å². The van der Waals surface area contributed by atoms with E-state index in [1.165, 1.54) is 6.07 Å². The van der Waals surface area contributed by atoms with Gasteiger partial charge >= 0.3 is 5.69 Å². The molecule has 0 radical (unpaired) electrons. The first-order valence-corrected chi connectivity index (χ1v) is 7.33. The minimum Gasteiger partial charge on any atom is -0.370 e. The van der Waals surface area contributed by atoms with Crippen molar-refractivity contribution in [2.24, 2.45) is 0 Å². The third kappa shape index (κ3) is 3.60. The van der Waals surface area contributed by atoms with Crippen LogP contribution in [0.3, 0.4) is 0 Å². The molecule has 0 saturated carbocycles. The Morgan fingerprint density at radius 2 is 2.33 bits per heavy atom. The van der Waals surface area contributed by atoms with E-state index in [0.29, 0.717) is 11.6 Å². The molecule has 1 aliphatic heterocycles. The molecule has 0 bridgehead atoms. The van der Waals surface area contributed by atoms with Gasteiger partial charge in [-0.15, -0.1) is 0 Å². The van der Waals surface area contributed by atoms with Crippen molar-refractivity contribution >= 4 is 17.3 Å². The maximum atomic E-state index is 11.3. The normalized spacial score (nSPS) is 19.3. The standard InChI is InChI=1S/C14H23N5O2/c1-4-15-13-8-7-12(19(20)21)14(16-13)18(3)11-6-5-9-17(2)10-11/h7-8,11H,4-6,9-10H2,1-3H3,(H,15,16). The highest BCUT2D eigenvalue weighted by Gasteiger charge is 2.27. The van der Waals surface area contributed by atoms with E-state index in [9.17, 15) is 10.1 Å². The quantitative estimate of drug-likeness (QED) is 0.660. The lowest BCUT2D eigenvalue weighted by molar-refractivity contribution is -0.384. The van der Waals surface area contributed by atoms with Gasteiger partial charge in [-0.25, -0.2) is 4.98 Å². The fourth-order valence-electron chi connectivity index (χ4n) is 2.75. The predicted octanol–water partition coefficient (Wildman–Crippen LogP) is 1.95. The van der Waals surface area contributed by atoms with Crippen LogP contribution in [0.4, 0.5) is 17.3 Å². The number of pyridine rings is 1. The van der Waals surface area contributed by atoms with Crippen LogP contribution in [0, 0.1) is 10.1 Å². The van der Waals surface area contributed by atoms with Gasteiger partial charge in [-0.05, 0) is 39.4 Å². The first-order valence-electron chi connectivity index (χ1n) is 7.33. The highest BCUT2D eigenvalue weighted by Crippen LogP contribution is 2.30. The molecular weight excluding hydrogens is 270 g/mol. The van der Waals surface area contributed by atoms with Gasteiger partial charge in [0.15, 0.2) is 0 Å². The number of aromatic nitrogens is 1. The number of likely N-dealkylation sites (N-methyl/N-ethyl adjacent to an activating group) is 2. The number of anilines is 2. The van der Waals surface area contributed by atoms with Crippen molar-refractivity contribution in [1.82, 2.24) is 9.88 Å². The molecule has 0 spiro atoms. The Bertz CT molecular complexity index is 508. The highest BCUT2D eigenvalue weighted by molar-refractivity contribution is 5.62. The van der Waals surface area contributed by atoms with Crippen LogP contribution in [0.1, 0.15) is 19.8 Å². The molecule has 2 heterocycles. The molecule has 7 nitrogen and oxygen atoms in total. The highest BCUT2D eigenvalue weighted by atomic mass is 16.6. The molecule has 1 unspecified atom stereocenters. The van der Waals surface area contributed by atoms with Crippen LogP contribution in [0.2, 0.25) is 0 Å². The summed E-state index contributed by atoms with van der Waals surface area (Å²) in [6.45, 7) is 4.70. The van der Waals surface area contributed by atoms with Gasteiger partial charge in [-0.1, -0.05) is 0 Å². The second-order valence-electron chi connectivity index (χ2n) is 5.50. The van der Waals surface area contributed by atoms with Gasteiger partial charge in [0.2, 0.25) is 5.82 Å². The molecule has 0 aromatic carbocycles. The second-order valence-corrected chi connectivity index (χ2v) is 5.50. The minimum atomic E-state index is -0.360. The van der Waals surface area contributed by atoms with E-state index in [0.717, 1.165) is 32.5 Å². The second kappa shape index (κ2) is 6.71.